The zero-order valence-corrected chi connectivity index (χ0v) is 10.7. The second kappa shape index (κ2) is 5.55. The number of aromatic nitrogens is 2. The average molecular weight is 255 g/mol. The van der Waals surface area contributed by atoms with Crippen LogP contribution in [0.3, 0.4) is 0 Å². The SMILES string of the molecule is Cc1nnsc1C(=O)N1CCCC(CCO)C1. The highest BCUT2D eigenvalue weighted by Crippen LogP contribution is 2.22. The third-order valence-electron chi connectivity index (χ3n) is 3.19. The van der Waals surface area contributed by atoms with Gasteiger partial charge < -0.3 is 10.0 Å². The average Bonchev–Trinajstić information content (AvgIpc) is 2.75. The number of carbonyl (C=O) groups excluding carboxylic acids is 1. The molecule has 17 heavy (non-hydrogen) atoms. The zero-order chi connectivity index (χ0) is 12.3. The lowest BCUT2D eigenvalue weighted by molar-refractivity contribution is 0.0657. The lowest BCUT2D eigenvalue weighted by Crippen LogP contribution is -2.40. The molecule has 0 spiro atoms. The van der Waals surface area contributed by atoms with Crippen molar-refractivity contribution in [3.8, 4) is 0 Å². The fourth-order valence-electron chi connectivity index (χ4n) is 2.24. The Kier molecular flexibility index (Phi) is 4.06. The molecule has 1 aromatic rings. The van der Waals surface area contributed by atoms with Crippen molar-refractivity contribution in [2.45, 2.75) is 26.2 Å². The van der Waals surface area contributed by atoms with Crippen molar-refractivity contribution >= 4 is 17.4 Å². The minimum absolute atomic E-state index is 0.0418. The fourth-order valence-corrected chi connectivity index (χ4v) is 2.86. The molecule has 6 heteroatoms. The second-order valence-electron chi connectivity index (χ2n) is 4.46. The molecule has 0 bridgehead atoms. The Hall–Kier alpha value is -1.01. The third kappa shape index (κ3) is 2.81. The van der Waals surface area contributed by atoms with Crippen molar-refractivity contribution in [3.63, 3.8) is 0 Å². The zero-order valence-electron chi connectivity index (χ0n) is 9.93. The Labute approximate surface area is 105 Å². The van der Waals surface area contributed by atoms with E-state index in [9.17, 15) is 4.79 Å². The molecule has 0 radical (unpaired) electrons. The Bertz CT molecular complexity index is 392. The molecule has 2 heterocycles. The topological polar surface area (TPSA) is 66.3 Å². The second-order valence-corrected chi connectivity index (χ2v) is 5.21. The molecular formula is C11H17N3O2S. The maximum absolute atomic E-state index is 12.2. The number of hydrogen-bond donors (Lipinski definition) is 1. The Balaban J connectivity index is 2.02. The molecule has 1 fully saturated rings. The first-order chi connectivity index (χ1) is 8.22. The molecular weight excluding hydrogens is 238 g/mol. The summed E-state index contributed by atoms with van der Waals surface area (Å²) >= 11 is 1.16. The number of hydrogen-bond acceptors (Lipinski definition) is 5. The largest absolute Gasteiger partial charge is 0.396 e. The predicted octanol–water partition coefficient (Wildman–Crippen LogP) is 1.08. The Morgan fingerprint density at radius 2 is 2.47 bits per heavy atom. The monoisotopic (exact) mass is 255 g/mol. The number of piperidine rings is 1. The molecule has 1 amide bonds. The van der Waals surface area contributed by atoms with Gasteiger partial charge in [0.05, 0.1) is 5.69 Å². The molecule has 1 unspecified atom stereocenters. The summed E-state index contributed by atoms with van der Waals surface area (Å²) in [4.78, 5) is 14.7. The van der Waals surface area contributed by atoms with Crippen LogP contribution >= 0.6 is 11.5 Å². The van der Waals surface area contributed by atoms with Crippen molar-refractivity contribution in [3.05, 3.63) is 10.6 Å². The summed E-state index contributed by atoms with van der Waals surface area (Å²) in [7, 11) is 0. The van der Waals surface area contributed by atoms with Crippen LogP contribution in [-0.4, -0.2) is 45.2 Å². The van der Waals surface area contributed by atoms with Gasteiger partial charge in [0.25, 0.3) is 5.91 Å². The summed E-state index contributed by atoms with van der Waals surface area (Å²) < 4.78 is 3.80. The Morgan fingerprint density at radius 1 is 1.65 bits per heavy atom. The van der Waals surface area contributed by atoms with Crippen molar-refractivity contribution in [2.75, 3.05) is 19.7 Å². The van der Waals surface area contributed by atoms with E-state index in [-0.39, 0.29) is 12.5 Å². The van der Waals surface area contributed by atoms with Gasteiger partial charge in [0.1, 0.15) is 4.88 Å². The number of aliphatic hydroxyl groups excluding tert-OH is 1. The molecule has 0 saturated carbocycles. The summed E-state index contributed by atoms with van der Waals surface area (Å²) in [5.74, 6) is 0.471. The molecule has 2 rings (SSSR count). The van der Waals surface area contributed by atoms with Gasteiger partial charge >= 0.3 is 0 Å². The van der Waals surface area contributed by atoms with Crippen LogP contribution in [-0.2, 0) is 0 Å². The van der Waals surface area contributed by atoms with E-state index in [1.54, 1.807) is 0 Å². The minimum atomic E-state index is 0.0418. The van der Waals surface area contributed by atoms with Crippen LogP contribution in [0.15, 0.2) is 0 Å². The van der Waals surface area contributed by atoms with E-state index in [1.807, 2.05) is 11.8 Å². The van der Waals surface area contributed by atoms with Crippen LogP contribution in [0.25, 0.3) is 0 Å². The number of amides is 1. The summed E-state index contributed by atoms with van der Waals surface area (Å²) in [6, 6.07) is 0. The van der Waals surface area contributed by atoms with E-state index in [2.05, 4.69) is 9.59 Å². The van der Waals surface area contributed by atoms with Crippen LogP contribution in [0.2, 0.25) is 0 Å². The van der Waals surface area contributed by atoms with Gasteiger partial charge in [-0.1, -0.05) is 4.49 Å². The highest BCUT2D eigenvalue weighted by atomic mass is 32.1. The van der Waals surface area contributed by atoms with Crippen molar-refractivity contribution < 1.29 is 9.90 Å². The van der Waals surface area contributed by atoms with Crippen LogP contribution in [0.4, 0.5) is 0 Å². The molecule has 1 saturated heterocycles. The number of aliphatic hydroxyl groups is 1. The van der Waals surface area contributed by atoms with Crippen LogP contribution in [0.5, 0.6) is 0 Å². The molecule has 1 aliphatic heterocycles. The van der Waals surface area contributed by atoms with Gasteiger partial charge in [0.2, 0.25) is 0 Å². The van der Waals surface area contributed by atoms with Crippen molar-refractivity contribution in [1.82, 2.24) is 14.5 Å². The molecule has 1 atom stereocenters. The highest BCUT2D eigenvalue weighted by Gasteiger charge is 2.26. The van der Waals surface area contributed by atoms with E-state index < -0.39 is 0 Å². The maximum atomic E-state index is 12.2. The van der Waals surface area contributed by atoms with Crippen LogP contribution < -0.4 is 0 Å². The first-order valence-corrected chi connectivity index (χ1v) is 6.68. The smallest absolute Gasteiger partial charge is 0.267 e. The van der Waals surface area contributed by atoms with E-state index >= 15 is 0 Å². The summed E-state index contributed by atoms with van der Waals surface area (Å²) in [5, 5.41) is 12.8. The van der Waals surface area contributed by atoms with E-state index in [0.29, 0.717) is 16.5 Å². The van der Waals surface area contributed by atoms with Gasteiger partial charge in [-0.25, -0.2) is 0 Å². The van der Waals surface area contributed by atoms with Crippen LogP contribution in [0, 0.1) is 12.8 Å². The predicted molar refractivity (Wildman–Crippen MR) is 65.0 cm³/mol. The first kappa shape index (κ1) is 12.4. The number of rotatable bonds is 3. The van der Waals surface area contributed by atoms with Gasteiger partial charge in [0.15, 0.2) is 0 Å². The number of nitrogens with zero attached hydrogens (tertiary/aromatic N) is 3. The molecule has 5 nitrogen and oxygen atoms in total. The maximum Gasteiger partial charge on any atom is 0.267 e. The molecule has 94 valence electrons. The van der Waals surface area contributed by atoms with Gasteiger partial charge in [-0.2, -0.15) is 0 Å². The minimum Gasteiger partial charge on any atom is -0.396 e. The first-order valence-electron chi connectivity index (χ1n) is 5.91. The van der Waals surface area contributed by atoms with E-state index in [4.69, 9.17) is 5.11 Å². The number of aryl methyl sites for hydroxylation is 1. The lowest BCUT2D eigenvalue weighted by Gasteiger charge is -2.32. The highest BCUT2D eigenvalue weighted by molar-refractivity contribution is 7.07. The lowest BCUT2D eigenvalue weighted by atomic mass is 9.95. The third-order valence-corrected chi connectivity index (χ3v) is 4.01. The van der Waals surface area contributed by atoms with E-state index in [1.165, 1.54) is 0 Å². The normalized spacial score (nSPS) is 20.6. The standard InChI is InChI=1S/C11H17N3O2S/c1-8-10(17-13-12-8)11(16)14-5-2-3-9(7-14)4-6-15/h9,15H,2-7H2,1H3. The summed E-state index contributed by atoms with van der Waals surface area (Å²) in [5.41, 5.74) is 0.712. The molecule has 0 aliphatic carbocycles. The van der Waals surface area contributed by atoms with Gasteiger partial charge in [0, 0.05) is 19.7 Å². The summed E-state index contributed by atoms with van der Waals surface area (Å²) in [6.07, 6.45) is 2.90. The molecule has 1 aromatic heterocycles. The number of likely N-dealkylation sites (tertiary alicyclic amines) is 1. The molecule has 1 aliphatic rings. The van der Waals surface area contributed by atoms with Gasteiger partial charge in [-0.3, -0.25) is 4.79 Å². The Morgan fingerprint density at radius 3 is 3.12 bits per heavy atom. The van der Waals surface area contributed by atoms with Gasteiger partial charge in [-0.05, 0) is 43.6 Å². The molecule has 1 N–H and O–H groups in total. The number of carbonyl (C=O) groups is 1. The fraction of sp³-hybridized carbons (Fsp3) is 0.727. The summed E-state index contributed by atoms with van der Waals surface area (Å²) in [6.45, 7) is 3.56. The van der Waals surface area contributed by atoms with E-state index in [0.717, 1.165) is 43.9 Å². The van der Waals surface area contributed by atoms with Crippen LogP contribution in [0.1, 0.15) is 34.6 Å². The van der Waals surface area contributed by atoms with Crippen molar-refractivity contribution in [2.24, 2.45) is 5.92 Å². The molecule has 0 aromatic carbocycles. The quantitative estimate of drug-likeness (QED) is 0.877. The van der Waals surface area contributed by atoms with Crippen molar-refractivity contribution in [1.29, 1.82) is 0 Å². The van der Waals surface area contributed by atoms with Gasteiger partial charge in [-0.15, -0.1) is 5.10 Å².